The summed E-state index contributed by atoms with van der Waals surface area (Å²) in [6, 6.07) is 10.9. The number of hydrogen-bond donors (Lipinski definition) is 0. The van der Waals surface area contributed by atoms with Crippen molar-refractivity contribution in [2.45, 2.75) is 39.0 Å². The van der Waals surface area contributed by atoms with E-state index in [9.17, 15) is 0 Å². The molecule has 0 bridgehead atoms. The molecule has 1 aromatic carbocycles. The Labute approximate surface area is 86.7 Å². The van der Waals surface area contributed by atoms with Crippen molar-refractivity contribution in [1.29, 1.82) is 0 Å². The molecule has 0 N–H and O–H groups in total. The van der Waals surface area contributed by atoms with E-state index in [1.165, 1.54) is 37.7 Å². The maximum atomic E-state index is 2.27. The van der Waals surface area contributed by atoms with Crippen molar-refractivity contribution < 1.29 is 0 Å². The highest BCUT2D eigenvalue weighted by Crippen LogP contribution is 2.33. The summed E-state index contributed by atoms with van der Waals surface area (Å²) in [7, 11) is 0. The molecular weight excluding hydrogens is 168 g/mol. The molecule has 0 unspecified atom stereocenters. The molecule has 2 rings (SSSR count). The fourth-order valence-corrected chi connectivity index (χ4v) is 2.40. The Hall–Kier alpha value is -1.04. The van der Waals surface area contributed by atoms with Gasteiger partial charge in [0.1, 0.15) is 0 Å². The van der Waals surface area contributed by atoms with Crippen molar-refractivity contribution in [3.8, 4) is 0 Å². The number of allylic oxidation sites excluding steroid dienone is 2. The van der Waals surface area contributed by atoms with Crippen LogP contribution in [0.5, 0.6) is 0 Å². The Morgan fingerprint density at radius 3 is 2.29 bits per heavy atom. The topological polar surface area (TPSA) is 0 Å². The molecular formula is C14H18. The molecule has 0 saturated heterocycles. The molecule has 1 saturated carbocycles. The maximum absolute atomic E-state index is 2.27. The summed E-state index contributed by atoms with van der Waals surface area (Å²) in [6.45, 7) is 2.27. The molecule has 0 spiro atoms. The average Bonchev–Trinajstić information content (AvgIpc) is 2.74. The van der Waals surface area contributed by atoms with E-state index in [0.717, 1.165) is 0 Å². The van der Waals surface area contributed by atoms with Crippen molar-refractivity contribution in [3.63, 3.8) is 0 Å². The highest BCUT2D eigenvalue weighted by molar-refractivity contribution is 5.68. The van der Waals surface area contributed by atoms with Gasteiger partial charge in [-0.25, -0.2) is 0 Å². The van der Waals surface area contributed by atoms with E-state index >= 15 is 0 Å². The lowest BCUT2D eigenvalue weighted by Gasteiger charge is -2.09. The molecule has 1 aromatic rings. The van der Waals surface area contributed by atoms with Crippen LogP contribution in [0, 0.1) is 0 Å². The van der Waals surface area contributed by atoms with Gasteiger partial charge in [-0.15, -0.1) is 0 Å². The standard InChI is InChI=1S/C14H18/c1-2-14(13-10-6-7-11-13)12-8-4-3-5-9-12/h3-5,8-9H,2,6-7,10-11H2,1H3. The smallest absolute Gasteiger partial charge is 0.0225 e. The van der Waals surface area contributed by atoms with Gasteiger partial charge in [-0.2, -0.15) is 0 Å². The summed E-state index contributed by atoms with van der Waals surface area (Å²) in [5, 5.41) is 0. The van der Waals surface area contributed by atoms with Crippen molar-refractivity contribution in [3.05, 3.63) is 41.5 Å². The van der Waals surface area contributed by atoms with Crippen LogP contribution >= 0.6 is 0 Å². The Morgan fingerprint density at radius 2 is 1.71 bits per heavy atom. The SMILES string of the molecule is CCC(=C1CCCC1)c1ccccc1. The molecule has 1 aliphatic rings. The highest BCUT2D eigenvalue weighted by atomic mass is 14.2. The molecule has 0 nitrogen and oxygen atoms in total. The van der Waals surface area contributed by atoms with E-state index in [1.807, 2.05) is 0 Å². The van der Waals surface area contributed by atoms with Gasteiger partial charge in [-0.3, -0.25) is 0 Å². The van der Waals surface area contributed by atoms with Crippen molar-refractivity contribution in [2.24, 2.45) is 0 Å². The molecule has 0 radical (unpaired) electrons. The van der Waals surface area contributed by atoms with Crippen LogP contribution in [0.15, 0.2) is 35.9 Å². The first-order valence-corrected chi connectivity index (χ1v) is 5.68. The first-order chi connectivity index (χ1) is 6.92. The first-order valence-electron chi connectivity index (χ1n) is 5.68. The molecule has 0 heterocycles. The molecule has 1 fully saturated rings. The van der Waals surface area contributed by atoms with Crippen LogP contribution in [0.2, 0.25) is 0 Å². The lowest BCUT2D eigenvalue weighted by Crippen LogP contribution is -1.87. The minimum atomic E-state index is 1.18. The number of benzene rings is 1. The number of hydrogen-bond acceptors (Lipinski definition) is 0. The first kappa shape index (κ1) is 9.51. The van der Waals surface area contributed by atoms with Gasteiger partial charge in [0.15, 0.2) is 0 Å². The minimum Gasteiger partial charge on any atom is -0.0664 e. The van der Waals surface area contributed by atoms with E-state index in [2.05, 4.69) is 37.3 Å². The summed E-state index contributed by atoms with van der Waals surface area (Å²) < 4.78 is 0. The average molecular weight is 186 g/mol. The summed E-state index contributed by atoms with van der Waals surface area (Å²) >= 11 is 0. The quantitative estimate of drug-likeness (QED) is 0.641. The van der Waals surface area contributed by atoms with Crippen molar-refractivity contribution in [2.75, 3.05) is 0 Å². The summed E-state index contributed by atoms with van der Waals surface area (Å²) in [4.78, 5) is 0. The molecule has 74 valence electrons. The Kier molecular flexibility index (Phi) is 3.03. The molecule has 0 atom stereocenters. The molecule has 0 aromatic heterocycles. The van der Waals surface area contributed by atoms with Gasteiger partial charge in [-0.1, -0.05) is 42.8 Å². The Morgan fingerprint density at radius 1 is 1.07 bits per heavy atom. The van der Waals surface area contributed by atoms with Gasteiger partial charge in [-0.05, 0) is 43.2 Å². The third-order valence-corrected chi connectivity index (χ3v) is 3.11. The van der Waals surface area contributed by atoms with E-state index in [0.29, 0.717) is 0 Å². The van der Waals surface area contributed by atoms with E-state index in [4.69, 9.17) is 0 Å². The van der Waals surface area contributed by atoms with Gasteiger partial charge in [0, 0.05) is 0 Å². The molecule has 14 heavy (non-hydrogen) atoms. The van der Waals surface area contributed by atoms with Gasteiger partial charge in [0.25, 0.3) is 0 Å². The van der Waals surface area contributed by atoms with Crippen molar-refractivity contribution >= 4 is 5.57 Å². The van der Waals surface area contributed by atoms with Crippen LogP contribution < -0.4 is 0 Å². The number of rotatable bonds is 2. The van der Waals surface area contributed by atoms with Crippen LogP contribution in [-0.2, 0) is 0 Å². The second kappa shape index (κ2) is 4.45. The molecule has 0 heteroatoms. The zero-order valence-electron chi connectivity index (χ0n) is 8.92. The fourth-order valence-electron chi connectivity index (χ4n) is 2.40. The molecule has 0 aliphatic heterocycles. The Balaban J connectivity index is 2.34. The van der Waals surface area contributed by atoms with Gasteiger partial charge in [0.2, 0.25) is 0 Å². The Bertz CT molecular complexity index is 311. The van der Waals surface area contributed by atoms with Crippen LogP contribution in [-0.4, -0.2) is 0 Å². The predicted molar refractivity (Wildman–Crippen MR) is 62.1 cm³/mol. The second-order valence-electron chi connectivity index (χ2n) is 4.01. The molecule has 0 amide bonds. The zero-order chi connectivity index (χ0) is 9.80. The van der Waals surface area contributed by atoms with Crippen LogP contribution in [0.4, 0.5) is 0 Å². The summed E-state index contributed by atoms with van der Waals surface area (Å²) in [5.74, 6) is 0. The summed E-state index contributed by atoms with van der Waals surface area (Å²) in [6.07, 6.45) is 6.63. The normalized spacial score (nSPS) is 15.9. The van der Waals surface area contributed by atoms with Gasteiger partial charge in [0.05, 0.1) is 0 Å². The monoisotopic (exact) mass is 186 g/mol. The van der Waals surface area contributed by atoms with E-state index in [-0.39, 0.29) is 0 Å². The highest BCUT2D eigenvalue weighted by Gasteiger charge is 2.12. The third-order valence-electron chi connectivity index (χ3n) is 3.11. The minimum absolute atomic E-state index is 1.18. The largest absolute Gasteiger partial charge is 0.0664 e. The lowest BCUT2D eigenvalue weighted by molar-refractivity contribution is 0.886. The summed E-state index contributed by atoms with van der Waals surface area (Å²) in [5.41, 5.74) is 4.74. The predicted octanol–water partition coefficient (Wildman–Crippen LogP) is 4.42. The fraction of sp³-hybridized carbons (Fsp3) is 0.429. The lowest BCUT2D eigenvalue weighted by atomic mass is 9.97. The van der Waals surface area contributed by atoms with Crippen LogP contribution in [0.25, 0.3) is 5.57 Å². The second-order valence-corrected chi connectivity index (χ2v) is 4.01. The van der Waals surface area contributed by atoms with Gasteiger partial charge < -0.3 is 0 Å². The molecule has 1 aliphatic carbocycles. The van der Waals surface area contributed by atoms with Crippen molar-refractivity contribution in [1.82, 2.24) is 0 Å². The van der Waals surface area contributed by atoms with E-state index in [1.54, 1.807) is 11.1 Å². The van der Waals surface area contributed by atoms with Gasteiger partial charge >= 0.3 is 0 Å². The van der Waals surface area contributed by atoms with E-state index < -0.39 is 0 Å². The third kappa shape index (κ3) is 1.89. The van der Waals surface area contributed by atoms with Crippen LogP contribution in [0.3, 0.4) is 0 Å². The maximum Gasteiger partial charge on any atom is -0.0225 e. The zero-order valence-corrected chi connectivity index (χ0v) is 8.92. The van der Waals surface area contributed by atoms with Crippen LogP contribution in [0.1, 0.15) is 44.6 Å².